The summed E-state index contributed by atoms with van der Waals surface area (Å²) in [6.07, 6.45) is 2.99. The maximum absolute atomic E-state index is 12.9. The van der Waals surface area contributed by atoms with Gasteiger partial charge in [0, 0.05) is 12.5 Å². The first-order valence-corrected chi connectivity index (χ1v) is 9.26. The number of amides is 3. The minimum absolute atomic E-state index is 0.139. The van der Waals surface area contributed by atoms with E-state index in [9.17, 15) is 14.4 Å². The molecule has 0 aliphatic carbocycles. The van der Waals surface area contributed by atoms with Crippen LogP contribution in [0.2, 0.25) is 0 Å². The van der Waals surface area contributed by atoms with Gasteiger partial charge in [0.2, 0.25) is 5.91 Å². The lowest BCUT2D eigenvalue weighted by Gasteiger charge is -2.29. The second-order valence-corrected chi connectivity index (χ2v) is 8.25. The molecular weight excluding hydrogens is 391 g/mol. The molecule has 0 saturated carbocycles. The first-order chi connectivity index (χ1) is 11.6. The monoisotopic (exact) mass is 412 g/mol. The van der Waals surface area contributed by atoms with E-state index >= 15 is 0 Å². The van der Waals surface area contributed by atoms with Gasteiger partial charge < -0.3 is 10.1 Å². The molecule has 2 atom stereocenters. The van der Waals surface area contributed by atoms with E-state index in [0.29, 0.717) is 18.6 Å². The van der Waals surface area contributed by atoms with E-state index < -0.39 is 27.7 Å². The third-order valence-electron chi connectivity index (χ3n) is 3.85. The van der Waals surface area contributed by atoms with Crippen LogP contribution in [0, 0.1) is 0 Å². The van der Waals surface area contributed by atoms with Crippen LogP contribution >= 0.6 is 34.8 Å². The van der Waals surface area contributed by atoms with E-state index in [0.717, 1.165) is 4.90 Å². The van der Waals surface area contributed by atoms with Gasteiger partial charge in [0.15, 0.2) is 3.79 Å². The Kier molecular flexibility index (Phi) is 8.51. The number of ether oxygens (including phenoxy) is 1. The van der Waals surface area contributed by atoms with Crippen molar-refractivity contribution in [3.8, 4) is 0 Å². The molecule has 0 spiro atoms. The number of alkyl halides is 3. The summed E-state index contributed by atoms with van der Waals surface area (Å²) in [5.41, 5.74) is 0. The molecule has 0 aromatic rings. The van der Waals surface area contributed by atoms with Gasteiger partial charge in [-0.15, -0.1) is 0 Å². The number of imide groups is 1. The Labute approximate surface area is 162 Å². The minimum Gasteiger partial charge on any atom is -0.499 e. The van der Waals surface area contributed by atoms with Gasteiger partial charge in [0.1, 0.15) is 11.8 Å². The first kappa shape index (κ1) is 22.1. The lowest BCUT2D eigenvalue weighted by molar-refractivity contribution is -0.146. The fraction of sp³-hybridized carbons (Fsp3) is 0.688. The predicted octanol–water partition coefficient (Wildman–Crippen LogP) is 3.10. The second-order valence-electron chi connectivity index (χ2n) is 5.73. The highest BCUT2D eigenvalue weighted by atomic mass is 35.6. The van der Waals surface area contributed by atoms with Crippen molar-refractivity contribution in [1.29, 1.82) is 0 Å². The Morgan fingerprint density at radius 3 is 2.48 bits per heavy atom. The number of rotatable bonds is 8. The van der Waals surface area contributed by atoms with Gasteiger partial charge in [0.25, 0.3) is 11.8 Å². The molecular formula is C16H23Cl3N2O4. The van der Waals surface area contributed by atoms with Crippen molar-refractivity contribution in [2.75, 3.05) is 7.11 Å². The number of nitrogens with one attached hydrogen (secondary N) is 1. The number of hydrogen-bond donors (Lipinski definition) is 1. The molecule has 0 saturated heterocycles. The summed E-state index contributed by atoms with van der Waals surface area (Å²) in [5.74, 6) is -0.893. The molecule has 0 radical (unpaired) electrons. The zero-order chi connectivity index (χ0) is 19.2. The SMILES string of the molecule is CCCC(NC(=O)CC)C(=O)N1C(=O)C=C(OC)C1CCC(Cl)(Cl)Cl. The van der Waals surface area contributed by atoms with Crippen LogP contribution in [-0.2, 0) is 19.1 Å². The van der Waals surface area contributed by atoms with Gasteiger partial charge in [-0.2, -0.15) is 0 Å². The molecule has 3 amide bonds. The second kappa shape index (κ2) is 9.64. The molecule has 1 aliphatic heterocycles. The van der Waals surface area contributed by atoms with Gasteiger partial charge in [-0.05, 0) is 19.3 Å². The molecule has 2 unspecified atom stereocenters. The molecule has 0 aromatic carbocycles. The molecule has 1 N–H and O–H groups in total. The van der Waals surface area contributed by atoms with Crippen molar-refractivity contribution in [2.24, 2.45) is 0 Å². The first-order valence-electron chi connectivity index (χ1n) is 8.13. The molecule has 0 bridgehead atoms. The van der Waals surface area contributed by atoms with E-state index in [1.54, 1.807) is 6.92 Å². The number of halogens is 3. The molecule has 1 aliphatic rings. The maximum Gasteiger partial charge on any atom is 0.257 e. The summed E-state index contributed by atoms with van der Waals surface area (Å²) < 4.78 is 3.71. The van der Waals surface area contributed by atoms with E-state index in [4.69, 9.17) is 39.5 Å². The topological polar surface area (TPSA) is 75.7 Å². The Morgan fingerprint density at radius 1 is 1.36 bits per heavy atom. The molecule has 6 nitrogen and oxygen atoms in total. The van der Waals surface area contributed by atoms with Crippen molar-refractivity contribution in [2.45, 2.75) is 61.8 Å². The van der Waals surface area contributed by atoms with Crippen LogP contribution in [0.4, 0.5) is 0 Å². The van der Waals surface area contributed by atoms with Crippen LogP contribution < -0.4 is 5.32 Å². The van der Waals surface area contributed by atoms with Gasteiger partial charge in [-0.3, -0.25) is 19.3 Å². The van der Waals surface area contributed by atoms with E-state index in [2.05, 4.69) is 5.32 Å². The number of carbonyl (C=O) groups excluding carboxylic acids is 3. The van der Waals surface area contributed by atoms with Crippen LogP contribution in [-0.4, -0.2) is 45.6 Å². The normalized spacial score (nSPS) is 18.8. The molecule has 1 rings (SSSR count). The zero-order valence-electron chi connectivity index (χ0n) is 14.5. The maximum atomic E-state index is 12.9. The van der Waals surface area contributed by atoms with Crippen molar-refractivity contribution >= 4 is 52.5 Å². The zero-order valence-corrected chi connectivity index (χ0v) is 16.7. The summed E-state index contributed by atoms with van der Waals surface area (Å²) in [4.78, 5) is 38.0. The Morgan fingerprint density at radius 2 is 2.00 bits per heavy atom. The third-order valence-corrected chi connectivity index (χ3v) is 4.42. The van der Waals surface area contributed by atoms with E-state index in [-0.39, 0.29) is 25.2 Å². The van der Waals surface area contributed by atoms with Crippen molar-refractivity contribution in [3.63, 3.8) is 0 Å². The van der Waals surface area contributed by atoms with Crippen LogP contribution in [0.15, 0.2) is 11.8 Å². The predicted molar refractivity (Wildman–Crippen MR) is 97.4 cm³/mol. The number of hydrogen-bond acceptors (Lipinski definition) is 4. The third kappa shape index (κ3) is 6.35. The van der Waals surface area contributed by atoms with Gasteiger partial charge in [-0.1, -0.05) is 55.1 Å². The lowest BCUT2D eigenvalue weighted by Crippen LogP contribution is -2.52. The average molecular weight is 414 g/mol. The summed E-state index contributed by atoms with van der Waals surface area (Å²) in [5, 5.41) is 2.67. The standard InChI is InChI=1S/C16H23Cl3N2O4/c1-4-6-10(20-13(22)5-2)15(24)21-11(7-8-16(17,18)19)12(25-3)9-14(21)23/h9-11H,4-8H2,1-3H3,(H,20,22). The number of nitrogens with zero attached hydrogens (tertiary/aromatic N) is 1. The molecule has 0 fully saturated rings. The molecule has 142 valence electrons. The number of carbonyl (C=O) groups is 3. The van der Waals surface area contributed by atoms with Crippen LogP contribution in [0.5, 0.6) is 0 Å². The van der Waals surface area contributed by atoms with Crippen LogP contribution in [0.25, 0.3) is 0 Å². The van der Waals surface area contributed by atoms with Crippen molar-refractivity contribution in [1.82, 2.24) is 10.2 Å². The highest BCUT2D eigenvalue weighted by Gasteiger charge is 2.41. The average Bonchev–Trinajstić information content (AvgIpc) is 2.86. The minimum atomic E-state index is -1.50. The molecule has 0 aromatic heterocycles. The van der Waals surface area contributed by atoms with Crippen molar-refractivity contribution < 1.29 is 19.1 Å². The summed E-state index contributed by atoms with van der Waals surface area (Å²) >= 11 is 17.4. The van der Waals surface area contributed by atoms with Crippen LogP contribution in [0.3, 0.4) is 0 Å². The highest BCUT2D eigenvalue weighted by Crippen LogP contribution is 2.35. The molecule has 9 heteroatoms. The van der Waals surface area contributed by atoms with Gasteiger partial charge >= 0.3 is 0 Å². The van der Waals surface area contributed by atoms with Crippen molar-refractivity contribution in [3.05, 3.63) is 11.8 Å². The Bertz CT molecular complexity index is 546. The summed E-state index contributed by atoms with van der Waals surface area (Å²) in [6, 6.07) is -1.43. The Hall–Kier alpha value is -0.980. The van der Waals surface area contributed by atoms with E-state index in [1.165, 1.54) is 13.2 Å². The Balaban J connectivity index is 3.00. The highest BCUT2D eigenvalue weighted by molar-refractivity contribution is 6.67. The molecule has 25 heavy (non-hydrogen) atoms. The van der Waals surface area contributed by atoms with Gasteiger partial charge in [-0.25, -0.2) is 0 Å². The lowest BCUT2D eigenvalue weighted by atomic mass is 10.1. The largest absolute Gasteiger partial charge is 0.499 e. The van der Waals surface area contributed by atoms with E-state index in [1.807, 2.05) is 6.92 Å². The molecule has 1 heterocycles. The fourth-order valence-electron chi connectivity index (χ4n) is 2.61. The summed E-state index contributed by atoms with van der Waals surface area (Å²) in [7, 11) is 1.41. The summed E-state index contributed by atoms with van der Waals surface area (Å²) in [6.45, 7) is 3.58. The quantitative estimate of drug-likeness (QED) is 0.620. The van der Waals surface area contributed by atoms with Gasteiger partial charge in [0.05, 0.1) is 13.2 Å². The van der Waals surface area contributed by atoms with Crippen LogP contribution in [0.1, 0.15) is 46.0 Å². The fourth-order valence-corrected chi connectivity index (χ4v) is 2.93. The number of methoxy groups -OCH3 is 1. The smallest absolute Gasteiger partial charge is 0.257 e.